The predicted molar refractivity (Wildman–Crippen MR) is 89.5 cm³/mol. The fourth-order valence-electron chi connectivity index (χ4n) is 3.78. The molecule has 2 aromatic heterocycles. The maximum absolute atomic E-state index is 12.1. The summed E-state index contributed by atoms with van der Waals surface area (Å²) in [5, 5.41) is 2.17. The van der Waals surface area contributed by atoms with Crippen molar-refractivity contribution < 1.29 is 9.53 Å². The highest BCUT2D eigenvalue weighted by molar-refractivity contribution is 6.07. The van der Waals surface area contributed by atoms with E-state index in [1.165, 1.54) is 0 Å². The van der Waals surface area contributed by atoms with Gasteiger partial charge in [-0.3, -0.25) is 9.78 Å². The van der Waals surface area contributed by atoms with Crippen molar-refractivity contribution in [3.8, 4) is 5.75 Å². The predicted octanol–water partition coefficient (Wildman–Crippen LogP) is 3.02. The number of H-pyrrole nitrogens is 1. The fraction of sp³-hybridized carbons (Fsp3) is 0.333. The van der Waals surface area contributed by atoms with Crippen molar-refractivity contribution in [3.63, 3.8) is 0 Å². The Bertz CT molecular complexity index is 907. The minimum absolute atomic E-state index is 0.261. The van der Waals surface area contributed by atoms with E-state index < -0.39 is 5.41 Å². The van der Waals surface area contributed by atoms with Crippen molar-refractivity contribution in [2.24, 2.45) is 5.73 Å². The lowest BCUT2D eigenvalue weighted by atomic mass is 9.81. The molecule has 0 aliphatic heterocycles. The maximum Gasteiger partial charge on any atom is 0.229 e. The molecule has 5 nitrogen and oxygen atoms in total. The van der Waals surface area contributed by atoms with Crippen LogP contribution < -0.4 is 10.5 Å². The highest BCUT2D eigenvalue weighted by Gasteiger charge is 2.42. The minimum Gasteiger partial charge on any atom is -0.497 e. The third-order valence-corrected chi connectivity index (χ3v) is 5.11. The van der Waals surface area contributed by atoms with Crippen LogP contribution in [0.4, 0.5) is 0 Å². The van der Waals surface area contributed by atoms with Crippen molar-refractivity contribution >= 4 is 27.7 Å². The zero-order valence-corrected chi connectivity index (χ0v) is 13.1. The number of ether oxygens (including phenoxy) is 1. The highest BCUT2D eigenvalue weighted by Crippen LogP contribution is 2.41. The highest BCUT2D eigenvalue weighted by atomic mass is 16.5. The van der Waals surface area contributed by atoms with Gasteiger partial charge in [-0.2, -0.15) is 0 Å². The smallest absolute Gasteiger partial charge is 0.229 e. The number of pyridine rings is 1. The molecule has 1 fully saturated rings. The molecule has 5 heteroatoms. The van der Waals surface area contributed by atoms with Crippen LogP contribution in [0.1, 0.15) is 31.4 Å². The summed E-state index contributed by atoms with van der Waals surface area (Å²) in [6, 6.07) is 7.96. The number of nitrogens with one attached hydrogen (secondary N) is 1. The van der Waals surface area contributed by atoms with E-state index in [4.69, 9.17) is 10.5 Å². The summed E-state index contributed by atoms with van der Waals surface area (Å²) in [6.07, 6.45) is 5.43. The average molecular weight is 309 g/mol. The van der Waals surface area contributed by atoms with Crippen LogP contribution in [0.15, 0.2) is 30.5 Å². The number of hydrogen-bond donors (Lipinski definition) is 2. The van der Waals surface area contributed by atoms with Gasteiger partial charge in [-0.15, -0.1) is 0 Å². The molecule has 1 saturated carbocycles. The molecule has 23 heavy (non-hydrogen) atoms. The molecule has 0 spiro atoms. The lowest BCUT2D eigenvalue weighted by Gasteiger charge is -2.24. The standard InChI is InChI=1S/C18H19N3O2/c1-23-11-4-5-12-13-9-16(18(17(19)22)6-2-3-7-18)20-10-15(13)21-14(12)8-11/h4-5,8-10,21H,2-3,6-7H2,1H3,(H2,19,22). The zero-order chi connectivity index (χ0) is 16.0. The van der Waals surface area contributed by atoms with Crippen LogP contribution in [0.2, 0.25) is 0 Å². The first-order valence-corrected chi connectivity index (χ1v) is 7.90. The molecule has 3 aromatic rings. The monoisotopic (exact) mass is 309 g/mol. The van der Waals surface area contributed by atoms with Crippen LogP contribution >= 0.6 is 0 Å². The van der Waals surface area contributed by atoms with E-state index in [1.807, 2.05) is 24.3 Å². The Morgan fingerprint density at radius 1 is 1.22 bits per heavy atom. The van der Waals surface area contributed by atoms with Gasteiger partial charge in [-0.25, -0.2) is 0 Å². The number of methoxy groups -OCH3 is 1. The topological polar surface area (TPSA) is 81.0 Å². The first kappa shape index (κ1) is 14.1. The van der Waals surface area contributed by atoms with Gasteiger partial charge in [0.15, 0.2) is 0 Å². The van der Waals surface area contributed by atoms with Gasteiger partial charge in [-0.05, 0) is 31.0 Å². The molecule has 1 aliphatic rings. The SMILES string of the molecule is COc1ccc2c(c1)[nH]c1cnc(C3(C(N)=O)CCCC3)cc12. The summed E-state index contributed by atoms with van der Waals surface area (Å²) in [7, 11) is 1.65. The lowest BCUT2D eigenvalue weighted by molar-refractivity contribution is -0.123. The molecule has 0 unspecified atom stereocenters. The summed E-state index contributed by atoms with van der Waals surface area (Å²) in [5.74, 6) is 0.546. The fourth-order valence-corrected chi connectivity index (χ4v) is 3.78. The summed E-state index contributed by atoms with van der Waals surface area (Å²) < 4.78 is 5.27. The molecule has 0 bridgehead atoms. The molecule has 0 atom stereocenters. The molecule has 1 aromatic carbocycles. The summed E-state index contributed by atoms with van der Waals surface area (Å²) in [5.41, 5.74) is 7.87. The van der Waals surface area contributed by atoms with Crippen molar-refractivity contribution in [3.05, 3.63) is 36.2 Å². The van der Waals surface area contributed by atoms with Crippen molar-refractivity contribution in [1.29, 1.82) is 0 Å². The van der Waals surface area contributed by atoms with E-state index in [2.05, 4.69) is 9.97 Å². The van der Waals surface area contributed by atoms with E-state index in [-0.39, 0.29) is 5.91 Å². The van der Waals surface area contributed by atoms with Crippen LogP contribution in [-0.2, 0) is 10.2 Å². The third kappa shape index (κ3) is 2.00. The largest absolute Gasteiger partial charge is 0.497 e. The molecule has 4 rings (SSSR count). The van der Waals surface area contributed by atoms with Gasteiger partial charge in [0.2, 0.25) is 5.91 Å². The Morgan fingerprint density at radius 3 is 2.70 bits per heavy atom. The lowest BCUT2D eigenvalue weighted by Crippen LogP contribution is -2.39. The zero-order valence-electron chi connectivity index (χ0n) is 13.1. The molecule has 0 saturated heterocycles. The van der Waals surface area contributed by atoms with E-state index in [0.29, 0.717) is 0 Å². The number of rotatable bonds is 3. The number of benzene rings is 1. The van der Waals surface area contributed by atoms with Gasteiger partial charge in [0.1, 0.15) is 5.75 Å². The van der Waals surface area contributed by atoms with Gasteiger partial charge in [0, 0.05) is 16.8 Å². The molecule has 1 amide bonds. The summed E-state index contributed by atoms with van der Waals surface area (Å²) in [6.45, 7) is 0. The van der Waals surface area contributed by atoms with Gasteiger partial charge >= 0.3 is 0 Å². The summed E-state index contributed by atoms with van der Waals surface area (Å²) in [4.78, 5) is 20.0. The Kier molecular flexibility index (Phi) is 3.04. The van der Waals surface area contributed by atoms with Gasteiger partial charge in [0.05, 0.1) is 35.4 Å². The number of amides is 1. The number of carbonyl (C=O) groups excluding carboxylic acids is 1. The van der Waals surface area contributed by atoms with Gasteiger partial charge in [0.25, 0.3) is 0 Å². The van der Waals surface area contributed by atoms with Gasteiger partial charge in [-0.1, -0.05) is 12.8 Å². The van der Waals surface area contributed by atoms with E-state index in [9.17, 15) is 4.79 Å². The number of fused-ring (bicyclic) bond motifs is 3. The average Bonchev–Trinajstić information content (AvgIpc) is 3.18. The molecular formula is C18H19N3O2. The molecule has 2 heterocycles. The summed E-state index contributed by atoms with van der Waals surface area (Å²) >= 11 is 0. The molecule has 118 valence electrons. The minimum atomic E-state index is -0.607. The number of aromatic nitrogens is 2. The Balaban J connectivity index is 1.93. The first-order chi connectivity index (χ1) is 11.1. The van der Waals surface area contributed by atoms with Crippen LogP contribution in [0.25, 0.3) is 21.8 Å². The molecule has 0 radical (unpaired) electrons. The van der Waals surface area contributed by atoms with Crippen molar-refractivity contribution in [1.82, 2.24) is 9.97 Å². The number of nitrogens with zero attached hydrogens (tertiary/aromatic N) is 1. The number of nitrogens with two attached hydrogens (primary N) is 1. The molecule has 3 N–H and O–H groups in total. The van der Waals surface area contributed by atoms with E-state index >= 15 is 0 Å². The third-order valence-electron chi connectivity index (χ3n) is 5.11. The number of aromatic amines is 1. The van der Waals surface area contributed by atoms with E-state index in [1.54, 1.807) is 13.3 Å². The van der Waals surface area contributed by atoms with Crippen molar-refractivity contribution in [2.75, 3.05) is 7.11 Å². The van der Waals surface area contributed by atoms with Gasteiger partial charge < -0.3 is 15.5 Å². The quantitative estimate of drug-likeness (QED) is 0.780. The van der Waals surface area contributed by atoms with Crippen LogP contribution in [0.5, 0.6) is 5.75 Å². The number of carbonyl (C=O) groups is 1. The Morgan fingerprint density at radius 2 is 2.00 bits per heavy atom. The van der Waals surface area contributed by atoms with Crippen LogP contribution in [0.3, 0.4) is 0 Å². The Hall–Kier alpha value is -2.56. The first-order valence-electron chi connectivity index (χ1n) is 7.90. The molecular weight excluding hydrogens is 290 g/mol. The van der Waals surface area contributed by atoms with Crippen molar-refractivity contribution in [2.45, 2.75) is 31.1 Å². The number of hydrogen-bond acceptors (Lipinski definition) is 3. The number of primary amides is 1. The second-order valence-corrected chi connectivity index (χ2v) is 6.31. The molecule has 1 aliphatic carbocycles. The second-order valence-electron chi connectivity index (χ2n) is 6.31. The Labute approximate surface area is 133 Å². The van der Waals surface area contributed by atoms with Crippen LogP contribution in [-0.4, -0.2) is 23.0 Å². The van der Waals surface area contributed by atoms with Crippen LogP contribution in [0, 0.1) is 0 Å². The van der Waals surface area contributed by atoms with E-state index in [0.717, 1.165) is 58.9 Å². The normalized spacial score (nSPS) is 16.9. The second kappa shape index (κ2) is 4.98. The maximum atomic E-state index is 12.1.